The first kappa shape index (κ1) is 15.1. The summed E-state index contributed by atoms with van der Waals surface area (Å²) in [7, 11) is 0. The summed E-state index contributed by atoms with van der Waals surface area (Å²) in [6.07, 6.45) is 2.76. The van der Waals surface area contributed by atoms with E-state index in [0.717, 1.165) is 35.1 Å². The first-order valence-electron chi connectivity index (χ1n) is 8.53. The molecule has 0 atom stereocenters. The van der Waals surface area contributed by atoms with Gasteiger partial charge in [-0.25, -0.2) is 0 Å². The van der Waals surface area contributed by atoms with Gasteiger partial charge in [-0.1, -0.05) is 48.5 Å². The van der Waals surface area contributed by atoms with E-state index < -0.39 is 0 Å². The number of aliphatic hydroxyl groups excluding tert-OH is 1. The van der Waals surface area contributed by atoms with Crippen LogP contribution >= 0.6 is 0 Å². The Labute approximate surface area is 141 Å². The molecule has 0 spiro atoms. The second-order valence-electron chi connectivity index (χ2n) is 6.59. The zero-order valence-corrected chi connectivity index (χ0v) is 13.5. The van der Waals surface area contributed by atoms with Crippen molar-refractivity contribution in [2.24, 2.45) is 5.92 Å². The molecule has 1 saturated carbocycles. The summed E-state index contributed by atoms with van der Waals surface area (Å²) in [5.41, 5.74) is 4.19. The zero-order valence-electron chi connectivity index (χ0n) is 13.5. The first-order valence-corrected chi connectivity index (χ1v) is 8.53. The van der Waals surface area contributed by atoms with Crippen molar-refractivity contribution >= 4 is 16.6 Å². The van der Waals surface area contributed by atoms with Gasteiger partial charge in [-0.3, -0.25) is 4.79 Å². The lowest BCUT2D eigenvalue weighted by atomic mass is 9.97. The molecule has 3 aromatic carbocycles. The van der Waals surface area contributed by atoms with Crippen molar-refractivity contribution in [1.82, 2.24) is 0 Å². The number of hydrogen-bond acceptors (Lipinski definition) is 2. The van der Waals surface area contributed by atoms with Crippen molar-refractivity contribution in [2.75, 3.05) is 6.61 Å². The standard InChI is InChI=1S/C22H20O2/c23-11-10-15-4-5-19-13-20(9-8-18(19)12-15)17-2-1-3-21(14-17)22(24)16-6-7-16/h1-5,8-9,12-14,16,23H,6-7,10-11H2. The maximum atomic E-state index is 12.3. The molecule has 0 amide bonds. The summed E-state index contributed by atoms with van der Waals surface area (Å²) >= 11 is 0. The van der Waals surface area contributed by atoms with E-state index in [1.165, 1.54) is 10.8 Å². The van der Waals surface area contributed by atoms with Crippen molar-refractivity contribution in [1.29, 1.82) is 0 Å². The Bertz CT molecular complexity index is 907. The highest BCUT2D eigenvalue weighted by atomic mass is 16.2. The van der Waals surface area contributed by atoms with Gasteiger partial charge in [0.25, 0.3) is 0 Å². The second-order valence-corrected chi connectivity index (χ2v) is 6.59. The molecule has 4 rings (SSSR count). The Hall–Kier alpha value is -2.45. The van der Waals surface area contributed by atoms with Crippen LogP contribution in [0.3, 0.4) is 0 Å². The summed E-state index contributed by atoms with van der Waals surface area (Å²) in [5.74, 6) is 0.535. The molecule has 1 aliphatic carbocycles. The number of hydrogen-bond donors (Lipinski definition) is 1. The molecule has 0 heterocycles. The molecule has 3 aromatic rings. The topological polar surface area (TPSA) is 37.3 Å². The monoisotopic (exact) mass is 316 g/mol. The number of benzene rings is 3. The highest BCUT2D eigenvalue weighted by molar-refractivity contribution is 6.00. The van der Waals surface area contributed by atoms with Crippen LogP contribution in [0.2, 0.25) is 0 Å². The fourth-order valence-corrected chi connectivity index (χ4v) is 3.19. The molecule has 24 heavy (non-hydrogen) atoms. The van der Waals surface area contributed by atoms with E-state index in [4.69, 9.17) is 5.11 Å². The van der Waals surface area contributed by atoms with Crippen LogP contribution in [0.4, 0.5) is 0 Å². The molecule has 0 unspecified atom stereocenters. The number of Topliss-reactive ketones (excluding diaryl/α,β-unsaturated/α-hetero) is 1. The highest BCUT2D eigenvalue weighted by Crippen LogP contribution is 2.34. The van der Waals surface area contributed by atoms with E-state index in [9.17, 15) is 4.79 Å². The zero-order chi connectivity index (χ0) is 16.5. The summed E-state index contributed by atoms with van der Waals surface area (Å²) in [4.78, 5) is 12.3. The van der Waals surface area contributed by atoms with Crippen LogP contribution in [0, 0.1) is 5.92 Å². The van der Waals surface area contributed by atoms with Crippen LogP contribution < -0.4 is 0 Å². The Morgan fingerprint density at radius 3 is 2.46 bits per heavy atom. The quantitative estimate of drug-likeness (QED) is 0.697. The Balaban J connectivity index is 1.69. The van der Waals surface area contributed by atoms with Crippen LogP contribution in [-0.4, -0.2) is 17.5 Å². The molecule has 2 nitrogen and oxygen atoms in total. The lowest BCUT2D eigenvalue weighted by Gasteiger charge is -2.08. The van der Waals surface area contributed by atoms with Gasteiger partial charge in [0.2, 0.25) is 0 Å². The largest absolute Gasteiger partial charge is 0.396 e. The summed E-state index contributed by atoms with van der Waals surface area (Å²) in [6, 6.07) is 20.6. The van der Waals surface area contributed by atoms with Crippen LogP contribution in [0.15, 0.2) is 60.7 Å². The average molecular weight is 316 g/mol. The minimum absolute atomic E-state index is 0.172. The predicted octanol–water partition coefficient (Wildman–Crippen LogP) is 4.63. The molecule has 0 aliphatic heterocycles. The van der Waals surface area contributed by atoms with E-state index in [0.29, 0.717) is 6.42 Å². The number of carbonyl (C=O) groups excluding carboxylic acids is 1. The lowest BCUT2D eigenvalue weighted by molar-refractivity contribution is 0.0967. The average Bonchev–Trinajstić information content (AvgIpc) is 3.46. The molecule has 0 saturated heterocycles. The number of ketones is 1. The van der Waals surface area contributed by atoms with Crippen molar-refractivity contribution in [3.8, 4) is 11.1 Å². The van der Waals surface area contributed by atoms with E-state index in [1.807, 2.05) is 18.2 Å². The Morgan fingerprint density at radius 1 is 0.917 bits per heavy atom. The van der Waals surface area contributed by atoms with Crippen LogP contribution in [0.25, 0.3) is 21.9 Å². The lowest BCUT2D eigenvalue weighted by Crippen LogP contribution is -2.00. The van der Waals surface area contributed by atoms with E-state index in [2.05, 4.69) is 42.5 Å². The molecular formula is C22H20O2. The van der Waals surface area contributed by atoms with Gasteiger partial charge in [-0.2, -0.15) is 0 Å². The number of carbonyl (C=O) groups is 1. The van der Waals surface area contributed by atoms with Gasteiger partial charge in [0.1, 0.15) is 0 Å². The predicted molar refractivity (Wildman–Crippen MR) is 97.2 cm³/mol. The third kappa shape index (κ3) is 2.98. The molecule has 0 aromatic heterocycles. The Morgan fingerprint density at radius 2 is 1.67 bits per heavy atom. The smallest absolute Gasteiger partial charge is 0.165 e. The van der Waals surface area contributed by atoms with Crippen LogP contribution in [0.5, 0.6) is 0 Å². The van der Waals surface area contributed by atoms with E-state index in [1.54, 1.807) is 0 Å². The van der Waals surface area contributed by atoms with Crippen molar-refractivity contribution in [2.45, 2.75) is 19.3 Å². The third-order valence-corrected chi connectivity index (χ3v) is 4.73. The van der Waals surface area contributed by atoms with Crippen molar-refractivity contribution < 1.29 is 9.90 Å². The Kier molecular flexibility index (Phi) is 3.91. The molecule has 1 aliphatic rings. The van der Waals surface area contributed by atoms with Crippen molar-refractivity contribution in [3.63, 3.8) is 0 Å². The van der Waals surface area contributed by atoms with Gasteiger partial charge in [0, 0.05) is 18.1 Å². The van der Waals surface area contributed by atoms with Gasteiger partial charge in [0.05, 0.1) is 0 Å². The van der Waals surface area contributed by atoms with E-state index >= 15 is 0 Å². The molecule has 0 bridgehead atoms. The number of aliphatic hydroxyl groups is 1. The van der Waals surface area contributed by atoms with Gasteiger partial charge >= 0.3 is 0 Å². The van der Waals surface area contributed by atoms with Gasteiger partial charge in [0.15, 0.2) is 5.78 Å². The number of fused-ring (bicyclic) bond motifs is 1. The SMILES string of the molecule is O=C(c1cccc(-c2ccc3cc(CCO)ccc3c2)c1)C1CC1. The van der Waals surface area contributed by atoms with Crippen LogP contribution in [-0.2, 0) is 6.42 Å². The van der Waals surface area contributed by atoms with Crippen molar-refractivity contribution in [3.05, 3.63) is 71.8 Å². The minimum atomic E-state index is 0.172. The first-order chi connectivity index (χ1) is 11.7. The van der Waals surface area contributed by atoms with Gasteiger partial charge in [-0.05, 0) is 58.9 Å². The molecule has 120 valence electrons. The van der Waals surface area contributed by atoms with Crippen LogP contribution in [0.1, 0.15) is 28.8 Å². The van der Waals surface area contributed by atoms with E-state index in [-0.39, 0.29) is 18.3 Å². The molecule has 1 N–H and O–H groups in total. The molecule has 1 fully saturated rings. The maximum absolute atomic E-state index is 12.3. The normalized spacial score (nSPS) is 14.0. The number of rotatable bonds is 5. The third-order valence-electron chi connectivity index (χ3n) is 4.73. The fourth-order valence-electron chi connectivity index (χ4n) is 3.19. The van der Waals surface area contributed by atoms with Gasteiger partial charge in [-0.15, -0.1) is 0 Å². The highest BCUT2D eigenvalue weighted by Gasteiger charge is 2.30. The molecule has 2 heteroatoms. The fraction of sp³-hybridized carbons (Fsp3) is 0.227. The maximum Gasteiger partial charge on any atom is 0.165 e. The second kappa shape index (κ2) is 6.21. The summed E-state index contributed by atoms with van der Waals surface area (Å²) in [6.45, 7) is 0.172. The molecule has 0 radical (unpaired) electrons. The summed E-state index contributed by atoms with van der Waals surface area (Å²) in [5, 5.41) is 11.4. The van der Waals surface area contributed by atoms with Gasteiger partial charge < -0.3 is 5.11 Å². The summed E-state index contributed by atoms with van der Waals surface area (Å²) < 4.78 is 0. The minimum Gasteiger partial charge on any atom is -0.396 e. The molecular weight excluding hydrogens is 296 g/mol.